The average Bonchev–Trinajstić information content (AvgIpc) is 3.38. The summed E-state index contributed by atoms with van der Waals surface area (Å²) in [4.78, 5) is 55.9. The second-order valence-electron chi connectivity index (χ2n) is 9.75. The van der Waals surface area contributed by atoms with E-state index in [1.165, 1.54) is 30.6 Å². The molecule has 8 heteroatoms. The van der Waals surface area contributed by atoms with Crippen LogP contribution in [0.1, 0.15) is 77.6 Å². The van der Waals surface area contributed by atoms with Crippen LogP contribution in [-0.2, 0) is 14.4 Å². The van der Waals surface area contributed by atoms with E-state index in [1.54, 1.807) is 4.90 Å². The molecule has 5 amide bonds. The minimum Gasteiger partial charge on any atom is -0.343 e. The second kappa shape index (κ2) is 9.17. The van der Waals surface area contributed by atoms with Crippen molar-refractivity contribution >= 4 is 23.8 Å². The van der Waals surface area contributed by atoms with Crippen molar-refractivity contribution in [1.82, 2.24) is 20.0 Å². The quantitative estimate of drug-likeness (QED) is 0.675. The van der Waals surface area contributed by atoms with Gasteiger partial charge >= 0.3 is 6.03 Å². The van der Waals surface area contributed by atoms with Gasteiger partial charge in [0, 0.05) is 39.0 Å². The first-order valence-corrected chi connectivity index (χ1v) is 12.1. The number of urea groups is 1. The topological polar surface area (TPSA) is 90.0 Å². The molecule has 1 atom stereocenters. The highest BCUT2D eigenvalue weighted by molar-refractivity contribution is 6.07. The lowest BCUT2D eigenvalue weighted by molar-refractivity contribution is -0.141. The van der Waals surface area contributed by atoms with Gasteiger partial charge in [-0.2, -0.15) is 0 Å². The molecule has 3 heterocycles. The summed E-state index contributed by atoms with van der Waals surface area (Å²) in [6, 6.07) is -0.600. The molecule has 4 aliphatic rings. The van der Waals surface area contributed by atoms with Gasteiger partial charge in [-0.1, -0.05) is 32.6 Å². The molecule has 172 valence electrons. The van der Waals surface area contributed by atoms with Crippen molar-refractivity contribution in [3.05, 3.63) is 0 Å². The zero-order valence-corrected chi connectivity index (χ0v) is 18.7. The van der Waals surface area contributed by atoms with Gasteiger partial charge in [-0.15, -0.1) is 0 Å². The van der Waals surface area contributed by atoms with Crippen LogP contribution in [0.3, 0.4) is 0 Å². The number of amides is 5. The van der Waals surface area contributed by atoms with Crippen LogP contribution in [0.15, 0.2) is 0 Å². The molecule has 0 unspecified atom stereocenters. The molecule has 1 N–H and O–H groups in total. The maximum Gasteiger partial charge on any atom is 0.325 e. The van der Waals surface area contributed by atoms with Crippen LogP contribution in [0, 0.1) is 5.92 Å². The van der Waals surface area contributed by atoms with Crippen molar-refractivity contribution in [2.45, 2.75) is 89.1 Å². The lowest BCUT2D eigenvalue weighted by Gasteiger charge is -2.39. The van der Waals surface area contributed by atoms with Gasteiger partial charge in [0.25, 0.3) is 5.91 Å². The minimum atomic E-state index is -0.892. The van der Waals surface area contributed by atoms with Crippen molar-refractivity contribution in [2.24, 2.45) is 5.92 Å². The van der Waals surface area contributed by atoms with E-state index in [9.17, 15) is 19.2 Å². The van der Waals surface area contributed by atoms with Crippen molar-refractivity contribution in [3.8, 4) is 0 Å². The molecule has 1 spiro atoms. The molecule has 0 aromatic rings. The van der Waals surface area contributed by atoms with Gasteiger partial charge in [-0.25, -0.2) is 4.79 Å². The number of carbonyl (C=O) groups is 4. The van der Waals surface area contributed by atoms with E-state index >= 15 is 0 Å². The molecule has 0 aromatic carbocycles. The lowest BCUT2D eigenvalue weighted by atomic mass is 9.87. The predicted octanol–water partition coefficient (Wildman–Crippen LogP) is 2.27. The fraction of sp³-hybridized carbons (Fsp3) is 0.826. The molecule has 3 aliphatic heterocycles. The maximum atomic E-state index is 13.3. The van der Waals surface area contributed by atoms with Gasteiger partial charge in [0.2, 0.25) is 11.8 Å². The third kappa shape index (κ3) is 4.44. The Bertz CT molecular complexity index is 725. The molecule has 3 saturated heterocycles. The Morgan fingerprint density at radius 2 is 1.68 bits per heavy atom. The lowest BCUT2D eigenvalue weighted by Crippen LogP contribution is -2.57. The van der Waals surface area contributed by atoms with Crippen LogP contribution in [-0.4, -0.2) is 76.2 Å². The Labute approximate surface area is 184 Å². The zero-order chi connectivity index (χ0) is 22.0. The van der Waals surface area contributed by atoms with Crippen molar-refractivity contribution in [2.75, 3.05) is 26.2 Å². The summed E-state index contributed by atoms with van der Waals surface area (Å²) in [6.45, 7) is 3.97. The fourth-order valence-corrected chi connectivity index (χ4v) is 5.85. The summed E-state index contributed by atoms with van der Waals surface area (Å²) in [6.07, 6.45) is 9.47. The largest absolute Gasteiger partial charge is 0.343 e. The van der Waals surface area contributed by atoms with Crippen LogP contribution in [0.2, 0.25) is 0 Å². The molecule has 0 aromatic heterocycles. The van der Waals surface area contributed by atoms with Crippen molar-refractivity contribution in [1.29, 1.82) is 0 Å². The average molecular weight is 433 g/mol. The Kier molecular flexibility index (Phi) is 6.53. The number of rotatable bonds is 5. The third-order valence-electron chi connectivity index (χ3n) is 7.82. The normalized spacial score (nSPS) is 26.6. The zero-order valence-electron chi connectivity index (χ0n) is 18.7. The summed E-state index contributed by atoms with van der Waals surface area (Å²) in [5.74, 6) is 0.749. The van der Waals surface area contributed by atoms with Crippen LogP contribution >= 0.6 is 0 Å². The number of hydrogen-bond donors (Lipinski definition) is 1. The number of nitrogens with one attached hydrogen (secondary N) is 1. The van der Waals surface area contributed by atoms with Gasteiger partial charge in [-0.05, 0) is 38.0 Å². The maximum absolute atomic E-state index is 13.3. The Balaban J connectivity index is 1.35. The fourth-order valence-electron chi connectivity index (χ4n) is 5.85. The van der Waals surface area contributed by atoms with E-state index in [0.29, 0.717) is 57.8 Å². The highest BCUT2D eigenvalue weighted by Gasteiger charge is 2.54. The summed E-state index contributed by atoms with van der Waals surface area (Å²) in [5, 5.41) is 2.95. The molecule has 1 aliphatic carbocycles. The first kappa shape index (κ1) is 22.1. The molecule has 0 radical (unpaired) electrons. The van der Waals surface area contributed by atoms with E-state index in [1.807, 2.05) is 11.8 Å². The molecule has 0 bridgehead atoms. The first-order valence-electron chi connectivity index (χ1n) is 12.1. The van der Waals surface area contributed by atoms with Gasteiger partial charge in [0.15, 0.2) is 0 Å². The van der Waals surface area contributed by atoms with E-state index in [4.69, 9.17) is 0 Å². The third-order valence-corrected chi connectivity index (χ3v) is 7.82. The molecule has 8 nitrogen and oxygen atoms in total. The number of imide groups is 1. The van der Waals surface area contributed by atoms with Gasteiger partial charge < -0.3 is 15.1 Å². The van der Waals surface area contributed by atoms with Crippen LogP contribution in [0.25, 0.3) is 0 Å². The summed E-state index contributed by atoms with van der Waals surface area (Å²) in [7, 11) is 0. The van der Waals surface area contributed by atoms with Crippen molar-refractivity contribution in [3.63, 3.8) is 0 Å². The highest BCUT2D eigenvalue weighted by Crippen LogP contribution is 2.33. The Morgan fingerprint density at radius 1 is 0.968 bits per heavy atom. The smallest absolute Gasteiger partial charge is 0.325 e. The van der Waals surface area contributed by atoms with E-state index in [-0.39, 0.29) is 29.8 Å². The Hall–Kier alpha value is -2.12. The second-order valence-corrected chi connectivity index (χ2v) is 9.75. The summed E-state index contributed by atoms with van der Waals surface area (Å²) >= 11 is 0. The molecular weight excluding hydrogens is 396 g/mol. The summed E-state index contributed by atoms with van der Waals surface area (Å²) < 4.78 is 0. The predicted molar refractivity (Wildman–Crippen MR) is 115 cm³/mol. The van der Waals surface area contributed by atoms with Gasteiger partial charge in [0.05, 0.1) is 6.04 Å². The van der Waals surface area contributed by atoms with Gasteiger partial charge in [0.1, 0.15) is 5.54 Å². The van der Waals surface area contributed by atoms with Crippen molar-refractivity contribution < 1.29 is 19.2 Å². The summed E-state index contributed by atoms with van der Waals surface area (Å²) in [5.41, 5.74) is -0.892. The SMILES string of the molecule is CCC(=O)N1CCC2(CC1)NC(=O)N([C@H]1CCCN(C(=O)CCC3CCCC3)C1)C2=O. The molecular formula is C23H36N4O4. The molecule has 4 rings (SSSR count). The monoisotopic (exact) mass is 432 g/mol. The minimum absolute atomic E-state index is 0.0857. The molecule has 31 heavy (non-hydrogen) atoms. The number of nitrogens with zero attached hydrogens (tertiary/aromatic N) is 3. The van der Waals surface area contributed by atoms with Gasteiger partial charge in [-0.3, -0.25) is 19.3 Å². The highest BCUT2D eigenvalue weighted by atomic mass is 16.2. The number of piperidine rings is 2. The standard InChI is InChI=1S/C23H36N4O4/c1-2-19(28)25-14-11-23(12-15-25)21(30)27(22(31)24-23)18-8-5-13-26(16-18)20(29)10-9-17-6-3-4-7-17/h17-18H,2-16H2,1H3,(H,24,31)/t18-/m0/s1. The molecule has 4 fully saturated rings. The van der Waals surface area contributed by atoms with E-state index in [0.717, 1.165) is 19.3 Å². The number of hydrogen-bond acceptors (Lipinski definition) is 4. The van der Waals surface area contributed by atoms with Crippen LogP contribution in [0.4, 0.5) is 4.79 Å². The van der Waals surface area contributed by atoms with E-state index < -0.39 is 5.54 Å². The van der Waals surface area contributed by atoms with E-state index in [2.05, 4.69) is 5.32 Å². The number of likely N-dealkylation sites (tertiary alicyclic amines) is 2. The molecule has 1 saturated carbocycles. The Morgan fingerprint density at radius 3 is 2.35 bits per heavy atom. The number of carbonyl (C=O) groups excluding carboxylic acids is 4. The van der Waals surface area contributed by atoms with Crippen LogP contribution in [0.5, 0.6) is 0 Å². The van der Waals surface area contributed by atoms with Crippen LogP contribution < -0.4 is 5.32 Å². The first-order chi connectivity index (χ1) is 14.9.